The normalized spacial score (nSPS) is 12.8. The van der Waals surface area contributed by atoms with Gasteiger partial charge in [-0.05, 0) is 66.6 Å². The summed E-state index contributed by atoms with van der Waals surface area (Å²) in [5.41, 5.74) is 5.49. The van der Waals surface area contributed by atoms with E-state index in [-0.39, 0.29) is 11.4 Å². The highest BCUT2D eigenvalue weighted by atomic mass is 35.5. The molecule has 5 rings (SSSR count). The van der Waals surface area contributed by atoms with Crippen molar-refractivity contribution in [2.75, 3.05) is 17.5 Å². The molecule has 1 heterocycles. The van der Waals surface area contributed by atoms with Crippen molar-refractivity contribution in [2.24, 2.45) is 5.10 Å². The van der Waals surface area contributed by atoms with Crippen LogP contribution in [-0.4, -0.2) is 33.8 Å². The summed E-state index contributed by atoms with van der Waals surface area (Å²) in [7, 11) is -3.91. The van der Waals surface area contributed by atoms with Gasteiger partial charge in [0.15, 0.2) is 11.5 Å². The smallest absolute Gasteiger partial charge is 0.271 e. The Labute approximate surface area is 237 Å². The fraction of sp³-hybridized carbons (Fsp3) is 0.133. The number of para-hydroxylation sites is 1. The predicted octanol–water partition coefficient (Wildman–Crippen LogP) is 5.58. The van der Waals surface area contributed by atoms with Gasteiger partial charge in [-0.15, -0.1) is 0 Å². The Balaban J connectivity index is 1.34. The van der Waals surface area contributed by atoms with E-state index in [1.807, 2.05) is 25.1 Å². The first-order valence-electron chi connectivity index (χ1n) is 12.5. The number of nitrogens with one attached hydrogen (secondary N) is 1. The van der Waals surface area contributed by atoms with Crippen molar-refractivity contribution >= 4 is 39.4 Å². The number of sulfonamides is 1. The number of amides is 1. The number of hydrogen-bond donors (Lipinski definition) is 1. The Hall–Kier alpha value is -4.34. The summed E-state index contributed by atoms with van der Waals surface area (Å²) >= 11 is 6.24. The van der Waals surface area contributed by atoms with Gasteiger partial charge in [-0.25, -0.2) is 13.8 Å². The van der Waals surface area contributed by atoms with Gasteiger partial charge in [-0.1, -0.05) is 54.1 Å². The van der Waals surface area contributed by atoms with Crippen molar-refractivity contribution < 1.29 is 22.7 Å². The van der Waals surface area contributed by atoms with Crippen molar-refractivity contribution in [3.05, 3.63) is 118 Å². The lowest BCUT2D eigenvalue weighted by molar-refractivity contribution is 0.0955. The highest BCUT2D eigenvalue weighted by Crippen LogP contribution is 2.33. The van der Waals surface area contributed by atoms with Gasteiger partial charge in [-0.3, -0.25) is 9.10 Å². The van der Waals surface area contributed by atoms with Crippen LogP contribution >= 0.6 is 11.6 Å². The number of aryl methyl sites for hydroxylation is 1. The molecular formula is C30H26ClN3O5S. The molecule has 1 amide bonds. The second-order valence-corrected chi connectivity index (χ2v) is 11.3. The topological polar surface area (TPSA) is 97.3 Å². The van der Waals surface area contributed by atoms with Gasteiger partial charge in [0, 0.05) is 16.1 Å². The van der Waals surface area contributed by atoms with Crippen LogP contribution in [-0.2, 0) is 16.6 Å². The molecule has 1 N–H and O–H groups in total. The standard InChI is InChI=1S/C30H26ClN3O5S/c1-21-10-15-25(31)18-27(21)34(40(36,37)26-7-3-2-4-8-26)20-22-11-13-23(14-12-22)30(35)33-32-19-24-6-5-9-28-29(24)39-17-16-38-28/h2-15,18-19H,16-17,20H2,1H3,(H,33,35)/b32-19-. The van der Waals surface area contributed by atoms with E-state index in [9.17, 15) is 13.2 Å². The molecule has 40 heavy (non-hydrogen) atoms. The van der Waals surface area contributed by atoms with Crippen LogP contribution in [0.4, 0.5) is 5.69 Å². The molecule has 1 aliphatic rings. The van der Waals surface area contributed by atoms with Gasteiger partial charge in [0.1, 0.15) is 13.2 Å². The number of ether oxygens (including phenoxy) is 2. The number of halogens is 1. The molecule has 204 valence electrons. The predicted molar refractivity (Wildman–Crippen MR) is 155 cm³/mol. The molecule has 0 aromatic heterocycles. The van der Waals surface area contributed by atoms with Crippen LogP contribution in [0.1, 0.15) is 27.0 Å². The van der Waals surface area contributed by atoms with Crippen LogP contribution < -0.4 is 19.2 Å². The molecule has 1 aliphatic heterocycles. The number of anilines is 1. The third kappa shape index (κ3) is 5.95. The number of hydrazone groups is 1. The second kappa shape index (κ2) is 11.8. The van der Waals surface area contributed by atoms with Gasteiger partial charge >= 0.3 is 0 Å². The molecule has 0 bridgehead atoms. The minimum Gasteiger partial charge on any atom is -0.486 e. The fourth-order valence-corrected chi connectivity index (χ4v) is 5.92. The summed E-state index contributed by atoms with van der Waals surface area (Å²) in [6, 6.07) is 25.5. The third-order valence-electron chi connectivity index (χ3n) is 6.28. The first kappa shape index (κ1) is 27.2. The Bertz CT molecular complexity index is 1660. The average molecular weight is 576 g/mol. The summed E-state index contributed by atoms with van der Waals surface area (Å²) < 4.78 is 39.9. The first-order chi connectivity index (χ1) is 19.3. The molecule has 0 atom stereocenters. The Morgan fingerprint density at radius 1 is 0.975 bits per heavy atom. The van der Waals surface area contributed by atoms with Crippen LogP contribution in [0.3, 0.4) is 0 Å². The first-order valence-corrected chi connectivity index (χ1v) is 14.3. The molecule has 0 unspecified atom stereocenters. The van der Waals surface area contributed by atoms with Crippen LogP contribution in [0, 0.1) is 6.92 Å². The van der Waals surface area contributed by atoms with E-state index in [1.165, 1.54) is 10.5 Å². The number of nitrogens with zero attached hydrogens (tertiary/aromatic N) is 2. The van der Waals surface area contributed by atoms with Crippen molar-refractivity contribution in [3.63, 3.8) is 0 Å². The van der Waals surface area contributed by atoms with E-state index in [2.05, 4.69) is 10.5 Å². The summed E-state index contributed by atoms with van der Waals surface area (Å²) in [6.45, 7) is 2.80. The summed E-state index contributed by atoms with van der Waals surface area (Å²) in [5.74, 6) is 0.804. The molecule has 8 nitrogen and oxygen atoms in total. The van der Waals surface area contributed by atoms with E-state index in [4.69, 9.17) is 21.1 Å². The molecule has 0 saturated heterocycles. The lowest BCUT2D eigenvalue weighted by Gasteiger charge is -2.26. The SMILES string of the molecule is Cc1ccc(Cl)cc1N(Cc1ccc(C(=O)N/N=C\c2cccc3c2OCCO3)cc1)S(=O)(=O)c1ccccc1. The van der Waals surface area contributed by atoms with E-state index in [0.717, 1.165) is 5.56 Å². The Morgan fingerprint density at radius 2 is 1.73 bits per heavy atom. The van der Waals surface area contributed by atoms with E-state index in [1.54, 1.807) is 72.8 Å². The molecule has 4 aromatic rings. The van der Waals surface area contributed by atoms with E-state index >= 15 is 0 Å². The third-order valence-corrected chi connectivity index (χ3v) is 8.29. The summed E-state index contributed by atoms with van der Waals surface area (Å²) in [4.78, 5) is 12.9. The highest BCUT2D eigenvalue weighted by molar-refractivity contribution is 7.92. The molecule has 0 spiro atoms. The largest absolute Gasteiger partial charge is 0.486 e. The number of carbonyl (C=O) groups excluding carboxylic acids is 1. The maximum atomic E-state index is 13.7. The number of hydrogen-bond acceptors (Lipinski definition) is 6. The van der Waals surface area contributed by atoms with Crippen molar-refractivity contribution in [1.29, 1.82) is 0 Å². The van der Waals surface area contributed by atoms with Crippen LogP contribution in [0.5, 0.6) is 11.5 Å². The average Bonchev–Trinajstić information content (AvgIpc) is 2.98. The quantitative estimate of drug-likeness (QED) is 0.218. The fourth-order valence-electron chi connectivity index (χ4n) is 4.22. The molecule has 10 heteroatoms. The van der Waals surface area contributed by atoms with E-state index < -0.39 is 15.9 Å². The molecule has 0 saturated carbocycles. The van der Waals surface area contributed by atoms with Gasteiger partial charge in [0.05, 0.1) is 23.3 Å². The molecule has 0 aliphatic carbocycles. The van der Waals surface area contributed by atoms with Crippen LogP contribution in [0.15, 0.2) is 101 Å². The zero-order chi connectivity index (χ0) is 28.1. The minimum atomic E-state index is -3.91. The molecule has 0 radical (unpaired) electrons. The highest BCUT2D eigenvalue weighted by Gasteiger charge is 2.26. The number of benzene rings is 4. The zero-order valence-electron chi connectivity index (χ0n) is 21.6. The van der Waals surface area contributed by atoms with Crippen LogP contribution in [0.2, 0.25) is 5.02 Å². The maximum absolute atomic E-state index is 13.7. The monoisotopic (exact) mass is 575 g/mol. The van der Waals surface area contributed by atoms with Crippen molar-refractivity contribution in [2.45, 2.75) is 18.4 Å². The maximum Gasteiger partial charge on any atom is 0.271 e. The number of carbonyl (C=O) groups is 1. The van der Waals surface area contributed by atoms with Crippen molar-refractivity contribution in [3.8, 4) is 11.5 Å². The van der Waals surface area contributed by atoms with Gasteiger partial charge in [0.25, 0.3) is 15.9 Å². The van der Waals surface area contributed by atoms with Gasteiger partial charge < -0.3 is 9.47 Å². The molecular weight excluding hydrogens is 550 g/mol. The molecule has 4 aromatic carbocycles. The lowest BCUT2D eigenvalue weighted by Crippen LogP contribution is -2.31. The summed E-state index contributed by atoms with van der Waals surface area (Å²) in [6.07, 6.45) is 1.50. The second-order valence-electron chi connectivity index (χ2n) is 9.02. The number of rotatable bonds is 8. The number of fused-ring (bicyclic) bond motifs is 1. The van der Waals surface area contributed by atoms with E-state index in [0.29, 0.717) is 52.1 Å². The lowest BCUT2D eigenvalue weighted by atomic mass is 10.1. The minimum absolute atomic E-state index is 0.0413. The Morgan fingerprint density at radius 3 is 2.50 bits per heavy atom. The van der Waals surface area contributed by atoms with Gasteiger partial charge in [-0.2, -0.15) is 5.10 Å². The molecule has 0 fully saturated rings. The van der Waals surface area contributed by atoms with Crippen molar-refractivity contribution in [1.82, 2.24) is 5.43 Å². The zero-order valence-corrected chi connectivity index (χ0v) is 23.2. The van der Waals surface area contributed by atoms with Gasteiger partial charge in [0.2, 0.25) is 0 Å². The van der Waals surface area contributed by atoms with Crippen LogP contribution in [0.25, 0.3) is 0 Å². The Kier molecular flexibility index (Phi) is 8.04. The summed E-state index contributed by atoms with van der Waals surface area (Å²) in [5, 5.41) is 4.49.